The van der Waals surface area contributed by atoms with Crippen molar-refractivity contribution in [2.24, 2.45) is 0 Å². The number of pyridine rings is 1. The summed E-state index contributed by atoms with van der Waals surface area (Å²) in [5, 5.41) is 6.93. The molecule has 1 aromatic carbocycles. The summed E-state index contributed by atoms with van der Waals surface area (Å²) in [6, 6.07) is 8.34. The molecule has 3 heterocycles. The van der Waals surface area contributed by atoms with Gasteiger partial charge in [-0.3, -0.25) is 9.78 Å². The molecule has 0 saturated carbocycles. The number of aromatic nitrogens is 5. The fourth-order valence-electron chi connectivity index (χ4n) is 4.55. The molecule has 4 aromatic rings. The summed E-state index contributed by atoms with van der Waals surface area (Å²) in [6.45, 7) is 6.42. The topological polar surface area (TPSA) is 130 Å². The Morgan fingerprint density at radius 2 is 2.06 bits per heavy atom. The third-order valence-electron chi connectivity index (χ3n) is 6.36. The van der Waals surface area contributed by atoms with E-state index in [2.05, 4.69) is 48.6 Å². The molecular weight excluding hydrogens is 432 g/mol. The second-order valence-corrected chi connectivity index (χ2v) is 9.90. The molecule has 176 valence electrons. The first-order chi connectivity index (χ1) is 16.3. The van der Waals surface area contributed by atoms with Gasteiger partial charge < -0.3 is 14.8 Å². The molecule has 1 atom stereocenters. The van der Waals surface area contributed by atoms with Crippen LogP contribution >= 0.6 is 0 Å². The Kier molecular flexibility index (Phi) is 5.55. The maximum atomic E-state index is 12.6. The summed E-state index contributed by atoms with van der Waals surface area (Å²) in [5.41, 5.74) is 5.19. The molecule has 0 radical (unpaired) electrons. The van der Waals surface area contributed by atoms with Crippen molar-refractivity contribution in [3.8, 4) is 11.1 Å². The van der Waals surface area contributed by atoms with E-state index >= 15 is 0 Å². The van der Waals surface area contributed by atoms with Gasteiger partial charge in [-0.1, -0.05) is 50.5 Å². The molecule has 0 spiro atoms. The van der Waals surface area contributed by atoms with Crippen LogP contribution < -0.4 is 11.0 Å². The van der Waals surface area contributed by atoms with Crippen molar-refractivity contribution in [1.82, 2.24) is 30.4 Å². The van der Waals surface area contributed by atoms with Crippen LogP contribution in [0.4, 0.5) is 0 Å². The van der Waals surface area contributed by atoms with E-state index in [9.17, 15) is 9.59 Å². The van der Waals surface area contributed by atoms with Crippen LogP contribution in [0.15, 0.2) is 39.8 Å². The number of hydrogen-bond acceptors (Lipinski definition) is 6. The van der Waals surface area contributed by atoms with Gasteiger partial charge in [-0.15, -0.1) is 0 Å². The summed E-state index contributed by atoms with van der Waals surface area (Å²) in [4.78, 5) is 38.5. The third kappa shape index (κ3) is 4.25. The van der Waals surface area contributed by atoms with Crippen molar-refractivity contribution in [2.75, 3.05) is 6.54 Å². The van der Waals surface area contributed by atoms with Crippen LogP contribution in [0.25, 0.3) is 22.3 Å². The Hall–Kier alpha value is -3.75. The molecule has 0 aliphatic heterocycles. The molecule has 0 bridgehead atoms. The highest BCUT2D eigenvalue weighted by Crippen LogP contribution is 2.34. The zero-order valence-corrected chi connectivity index (χ0v) is 19.6. The molecular formula is C25H28N6O3. The van der Waals surface area contributed by atoms with Crippen molar-refractivity contribution in [3.63, 3.8) is 0 Å². The average Bonchev–Trinajstić information content (AvgIpc) is 3.39. The lowest BCUT2D eigenvalue weighted by molar-refractivity contribution is 0.0906. The predicted octanol–water partition coefficient (Wildman–Crippen LogP) is 3.84. The van der Waals surface area contributed by atoms with Crippen LogP contribution in [-0.2, 0) is 11.8 Å². The average molecular weight is 461 g/mol. The zero-order chi connectivity index (χ0) is 23.9. The Morgan fingerprint density at radius 1 is 1.21 bits per heavy atom. The Bertz CT molecular complexity index is 1410. The van der Waals surface area contributed by atoms with Crippen molar-refractivity contribution in [2.45, 2.75) is 57.8 Å². The van der Waals surface area contributed by atoms with Gasteiger partial charge >= 0.3 is 17.5 Å². The largest absolute Gasteiger partial charge is 0.347 e. The van der Waals surface area contributed by atoms with Gasteiger partial charge in [0.25, 0.3) is 0 Å². The molecule has 5 rings (SSSR count). The number of aryl methyl sites for hydroxylation is 1. The van der Waals surface area contributed by atoms with Crippen LogP contribution in [0.1, 0.15) is 73.6 Å². The number of nitrogens with one attached hydrogen (secondary N) is 3. The summed E-state index contributed by atoms with van der Waals surface area (Å²) >= 11 is 0. The van der Waals surface area contributed by atoms with E-state index in [4.69, 9.17) is 4.52 Å². The maximum Gasteiger partial charge on any atom is 0.325 e. The smallest absolute Gasteiger partial charge is 0.325 e. The Labute approximate surface area is 196 Å². The van der Waals surface area contributed by atoms with Crippen molar-refractivity contribution in [1.29, 1.82) is 0 Å². The number of imidazole rings is 1. The molecule has 1 unspecified atom stereocenters. The van der Waals surface area contributed by atoms with Crippen LogP contribution in [0.3, 0.4) is 0 Å². The number of aromatic amines is 2. The predicted molar refractivity (Wildman–Crippen MR) is 128 cm³/mol. The van der Waals surface area contributed by atoms with Gasteiger partial charge in [-0.05, 0) is 42.0 Å². The van der Waals surface area contributed by atoms with Crippen LogP contribution in [0, 0.1) is 0 Å². The quantitative estimate of drug-likeness (QED) is 0.397. The van der Waals surface area contributed by atoms with Gasteiger partial charge in [-0.25, -0.2) is 9.78 Å². The fraction of sp³-hybridized carbons (Fsp3) is 0.400. The molecule has 1 aliphatic carbocycles. The first-order valence-electron chi connectivity index (χ1n) is 11.6. The molecule has 9 nitrogen and oxygen atoms in total. The highest BCUT2D eigenvalue weighted by molar-refractivity contribution is 5.90. The van der Waals surface area contributed by atoms with Gasteiger partial charge in [0.2, 0.25) is 0 Å². The second-order valence-electron chi connectivity index (χ2n) is 9.90. The number of carbonyl (C=O) groups is 1. The van der Waals surface area contributed by atoms with E-state index in [1.165, 1.54) is 11.1 Å². The minimum Gasteiger partial charge on any atom is -0.347 e. The van der Waals surface area contributed by atoms with Crippen molar-refractivity contribution < 1.29 is 9.32 Å². The van der Waals surface area contributed by atoms with E-state index in [1.54, 1.807) is 6.20 Å². The van der Waals surface area contributed by atoms with Gasteiger partial charge in [0.1, 0.15) is 0 Å². The normalized spacial score (nSPS) is 16.3. The minimum atomic E-state index is -0.346. The van der Waals surface area contributed by atoms with Crippen LogP contribution in [-0.4, -0.2) is 37.5 Å². The SMILES string of the molecule is CC(C)(C)c1noc(C(=O)NCC2CCCCc3cc(-c4ccnc5[nH]c(=O)[nH]c45)ccc32)n1. The van der Waals surface area contributed by atoms with Gasteiger partial charge in [0.05, 0.1) is 5.52 Å². The minimum absolute atomic E-state index is 0.00341. The molecule has 0 fully saturated rings. The Balaban J connectivity index is 1.37. The molecule has 0 saturated heterocycles. The summed E-state index contributed by atoms with van der Waals surface area (Å²) in [5.74, 6) is 0.362. The number of rotatable bonds is 4. The monoisotopic (exact) mass is 460 g/mol. The zero-order valence-electron chi connectivity index (χ0n) is 19.6. The lowest BCUT2D eigenvalue weighted by Crippen LogP contribution is -2.29. The van der Waals surface area contributed by atoms with Gasteiger partial charge in [0.15, 0.2) is 11.5 Å². The Morgan fingerprint density at radius 3 is 2.85 bits per heavy atom. The maximum absolute atomic E-state index is 12.6. The highest BCUT2D eigenvalue weighted by Gasteiger charge is 2.25. The third-order valence-corrected chi connectivity index (χ3v) is 6.36. The second kappa shape index (κ2) is 8.55. The first-order valence-corrected chi connectivity index (χ1v) is 11.6. The number of carbonyl (C=O) groups excluding carboxylic acids is 1. The molecule has 1 amide bonds. The number of hydrogen-bond donors (Lipinski definition) is 3. The van der Waals surface area contributed by atoms with Crippen LogP contribution in [0.5, 0.6) is 0 Å². The highest BCUT2D eigenvalue weighted by atomic mass is 16.5. The van der Waals surface area contributed by atoms with Gasteiger partial charge in [-0.2, -0.15) is 4.98 Å². The standard InChI is InChI=1S/C25H28N6O3/c1-25(2,3)23-30-22(34-31-23)21(32)27-13-16-7-5-4-6-14-12-15(8-9-17(14)16)18-10-11-26-20-19(18)28-24(33)29-20/h8-12,16H,4-7,13H2,1-3H3,(H,27,32)(H2,26,28,29,33). The van der Waals surface area contributed by atoms with E-state index < -0.39 is 0 Å². The molecule has 3 aromatic heterocycles. The molecule has 1 aliphatic rings. The number of nitrogens with zero attached hydrogens (tertiary/aromatic N) is 3. The number of benzene rings is 1. The summed E-state index contributed by atoms with van der Waals surface area (Å²) in [7, 11) is 0. The lowest BCUT2D eigenvalue weighted by atomic mass is 9.90. The fourth-order valence-corrected chi connectivity index (χ4v) is 4.55. The van der Waals surface area contributed by atoms with E-state index in [1.807, 2.05) is 26.8 Å². The number of amides is 1. The van der Waals surface area contributed by atoms with Crippen LogP contribution in [0.2, 0.25) is 0 Å². The van der Waals surface area contributed by atoms with Crippen molar-refractivity contribution >= 4 is 17.1 Å². The number of fused-ring (bicyclic) bond motifs is 2. The molecule has 34 heavy (non-hydrogen) atoms. The molecule has 9 heteroatoms. The van der Waals surface area contributed by atoms with E-state index in [-0.39, 0.29) is 28.8 Å². The van der Waals surface area contributed by atoms with Gasteiger partial charge in [0, 0.05) is 29.6 Å². The lowest BCUT2D eigenvalue weighted by Gasteiger charge is -2.19. The van der Waals surface area contributed by atoms with E-state index in [0.717, 1.165) is 36.8 Å². The molecule has 3 N–H and O–H groups in total. The van der Waals surface area contributed by atoms with E-state index in [0.29, 0.717) is 23.5 Å². The first kappa shape index (κ1) is 22.1. The summed E-state index contributed by atoms with van der Waals surface area (Å²) < 4.78 is 5.18. The number of H-pyrrole nitrogens is 2. The summed E-state index contributed by atoms with van der Waals surface area (Å²) in [6.07, 6.45) is 5.85. The van der Waals surface area contributed by atoms with Crippen molar-refractivity contribution in [3.05, 3.63) is 63.8 Å².